The second-order valence-corrected chi connectivity index (χ2v) is 27.4. The molecule has 0 saturated carbocycles. The predicted octanol–water partition coefficient (Wildman–Crippen LogP) is 3.16. The molecule has 12 amide bonds. The summed E-state index contributed by atoms with van der Waals surface area (Å²) in [5, 5.41) is 10.3. The summed E-state index contributed by atoms with van der Waals surface area (Å²) in [6.07, 6.45) is 4.11. The summed E-state index contributed by atoms with van der Waals surface area (Å²) in [5.41, 5.74) is 1.03. The predicted molar refractivity (Wildman–Crippen MR) is 350 cm³/mol. The molecule has 12 atom stereocenters. The van der Waals surface area contributed by atoms with Gasteiger partial charge in [0.15, 0.2) is 0 Å². The van der Waals surface area contributed by atoms with Gasteiger partial charge in [-0.05, 0) is 101 Å². The van der Waals surface area contributed by atoms with Crippen molar-refractivity contribution in [3.05, 3.63) is 30.1 Å². The van der Waals surface area contributed by atoms with Crippen LogP contribution in [0.2, 0.25) is 0 Å². The van der Waals surface area contributed by atoms with Crippen LogP contribution >= 0.6 is 0 Å². The molecule has 0 bridgehead atoms. The normalized spacial score (nSPS) is 20.6. The van der Waals surface area contributed by atoms with Crippen molar-refractivity contribution in [1.82, 2.24) is 65.5 Å². The van der Waals surface area contributed by atoms with Gasteiger partial charge in [-0.25, -0.2) is 4.79 Å². The van der Waals surface area contributed by atoms with Gasteiger partial charge in [0, 0.05) is 87.7 Å². The summed E-state index contributed by atoms with van der Waals surface area (Å²) in [7, 11) is 10.3. The maximum Gasteiger partial charge on any atom is 0.324 e. The van der Waals surface area contributed by atoms with Crippen molar-refractivity contribution < 1.29 is 57.5 Å². The number of amidine groups is 1. The minimum atomic E-state index is -1.25. The van der Waals surface area contributed by atoms with Gasteiger partial charge < -0.3 is 59.9 Å². The fraction of sp³-hybridized carbons (Fsp3) is 0.742. The van der Waals surface area contributed by atoms with E-state index in [-0.39, 0.29) is 61.7 Å². The lowest BCUT2D eigenvalue weighted by molar-refractivity contribution is -0.154. The van der Waals surface area contributed by atoms with Crippen LogP contribution in [0, 0.1) is 29.6 Å². The number of hydrogen-bond donors (Lipinski definition) is 4. The average Bonchev–Trinajstić information content (AvgIpc) is 1.59. The van der Waals surface area contributed by atoms with Crippen LogP contribution in [0.1, 0.15) is 147 Å². The van der Waals surface area contributed by atoms with Gasteiger partial charge in [0.25, 0.3) is 0 Å². The Morgan fingerprint density at radius 3 is 1.79 bits per heavy atom. The molecule has 2 fully saturated rings. The number of likely N-dealkylation sites (tertiary alicyclic amines) is 1. The summed E-state index contributed by atoms with van der Waals surface area (Å²) >= 11 is 0. The van der Waals surface area contributed by atoms with Crippen molar-refractivity contribution in [3.8, 4) is 0 Å². The lowest BCUT2D eigenvalue weighted by atomic mass is 9.96. The van der Waals surface area contributed by atoms with Crippen molar-refractivity contribution >= 4 is 70.9 Å². The van der Waals surface area contributed by atoms with Crippen molar-refractivity contribution in [2.24, 2.45) is 34.6 Å². The number of hydrogen-bond acceptors (Lipinski definition) is 15. The Kier molecular flexibility index (Phi) is 29.0. The number of aliphatic imine (C=N–C) groups is 1. The molecule has 0 radical (unpaired) electrons. The van der Waals surface area contributed by atoms with Crippen molar-refractivity contribution in [2.45, 2.75) is 221 Å². The minimum absolute atomic E-state index is 0.0470. The Morgan fingerprint density at radius 2 is 1.27 bits per heavy atom. The van der Waals surface area contributed by atoms with Crippen LogP contribution in [-0.4, -0.2) is 257 Å². The SMILES string of the molecule is CC[C@@H](C(=O)N(C)[C@H](C)C(=O)N(C)[C@@H](CC(C)C)C(=O)N[C@H](C(=O)N(C)[C@@H](CC(C)C)C(=O)N[C@H](C)C(=O)NC(=O)N(C)[C@@H](CC(C)C)C(=O)NC)C(C)C)N1C(=O)[C@@H]2[C@H](OC(C)[C@H](N(C)C(=O)CCC(C)C)C(=O)N2C)[C@H]1CC1=NCCN1CCc1cccnc1. The summed E-state index contributed by atoms with van der Waals surface area (Å²) in [5.74, 6) is -5.45. The monoisotopic (exact) mass is 1290 g/mol. The van der Waals surface area contributed by atoms with Gasteiger partial charge in [0.2, 0.25) is 59.1 Å². The lowest BCUT2D eigenvalue weighted by Crippen LogP contribution is -2.61. The second kappa shape index (κ2) is 34.6. The zero-order valence-corrected chi connectivity index (χ0v) is 58.8. The topological polar surface area (TPSA) is 296 Å². The van der Waals surface area contributed by atoms with E-state index >= 15 is 9.59 Å². The van der Waals surface area contributed by atoms with E-state index in [2.05, 4.69) is 31.2 Å². The molecule has 1 aromatic rings. The molecular formula is C66H110N14O12. The van der Waals surface area contributed by atoms with Crippen LogP contribution in [0.25, 0.3) is 0 Å². The quantitative estimate of drug-likeness (QED) is 0.0831. The van der Waals surface area contributed by atoms with E-state index < -0.39 is 138 Å². The number of amides is 12. The Bertz CT molecular complexity index is 2780. The van der Waals surface area contributed by atoms with E-state index in [1.165, 1.54) is 85.5 Å². The number of aromatic nitrogens is 1. The van der Waals surface area contributed by atoms with E-state index in [0.29, 0.717) is 44.7 Å². The van der Waals surface area contributed by atoms with E-state index in [1.54, 1.807) is 40.9 Å². The first-order valence-electron chi connectivity index (χ1n) is 32.9. The maximum absolute atomic E-state index is 15.4. The van der Waals surface area contributed by atoms with Crippen LogP contribution in [0.5, 0.6) is 0 Å². The smallest absolute Gasteiger partial charge is 0.324 e. The van der Waals surface area contributed by atoms with Gasteiger partial charge in [-0.3, -0.25) is 63.2 Å². The number of carbonyl (C=O) groups is 11. The number of nitrogens with zero attached hydrogens (tertiary/aromatic N) is 10. The summed E-state index contributed by atoms with van der Waals surface area (Å²) < 4.78 is 6.87. The first-order chi connectivity index (χ1) is 43.0. The number of pyridine rings is 1. The zero-order valence-electron chi connectivity index (χ0n) is 58.8. The van der Waals surface area contributed by atoms with Crippen molar-refractivity contribution in [2.75, 3.05) is 69.0 Å². The van der Waals surface area contributed by atoms with Crippen molar-refractivity contribution in [3.63, 3.8) is 0 Å². The van der Waals surface area contributed by atoms with Crippen LogP contribution in [0.15, 0.2) is 29.5 Å². The molecule has 26 heteroatoms. The first kappa shape index (κ1) is 77.2. The van der Waals surface area contributed by atoms with Gasteiger partial charge in [-0.1, -0.05) is 82.2 Å². The first-order valence-corrected chi connectivity index (χ1v) is 32.9. The number of urea groups is 1. The molecule has 4 rings (SSSR count). The molecule has 1 unspecified atom stereocenters. The van der Waals surface area contributed by atoms with E-state index in [0.717, 1.165) is 10.5 Å². The van der Waals surface area contributed by atoms with Gasteiger partial charge in [0.1, 0.15) is 66.3 Å². The number of ether oxygens (including phenoxy) is 1. The van der Waals surface area contributed by atoms with E-state index in [4.69, 9.17) is 9.73 Å². The third kappa shape index (κ3) is 19.4. The molecular weight excluding hydrogens is 1180 g/mol. The van der Waals surface area contributed by atoms with Crippen molar-refractivity contribution in [1.29, 1.82) is 0 Å². The van der Waals surface area contributed by atoms with Crippen LogP contribution in [0.3, 0.4) is 0 Å². The van der Waals surface area contributed by atoms with E-state index in [9.17, 15) is 43.2 Å². The summed E-state index contributed by atoms with van der Waals surface area (Å²) in [6.45, 7) is 26.9. The molecule has 3 aliphatic rings. The van der Waals surface area contributed by atoms with E-state index in [1.807, 2.05) is 73.7 Å². The number of likely N-dealkylation sites (N-methyl/N-ethyl adjacent to an activating group) is 7. The molecule has 0 aromatic carbocycles. The minimum Gasteiger partial charge on any atom is -0.368 e. The highest BCUT2D eigenvalue weighted by Crippen LogP contribution is 2.37. The number of nitrogens with one attached hydrogen (secondary N) is 4. The maximum atomic E-state index is 15.4. The molecule has 0 aliphatic carbocycles. The highest BCUT2D eigenvalue weighted by molar-refractivity contribution is 6.02. The molecule has 0 spiro atoms. The fourth-order valence-electron chi connectivity index (χ4n) is 12.3. The third-order valence-electron chi connectivity index (χ3n) is 18.1. The molecule has 516 valence electrons. The summed E-state index contributed by atoms with van der Waals surface area (Å²) in [6, 6.07) is -8.02. The molecule has 2 saturated heterocycles. The number of imide groups is 1. The molecule has 3 aliphatic heterocycles. The van der Waals surface area contributed by atoms with Crippen LogP contribution < -0.4 is 21.3 Å². The average molecular weight is 1290 g/mol. The molecule has 92 heavy (non-hydrogen) atoms. The molecule has 1 aromatic heterocycles. The second-order valence-electron chi connectivity index (χ2n) is 27.4. The number of carbonyl (C=O) groups excluding carboxylic acids is 11. The van der Waals surface area contributed by atoms with Gasteiger partial charge in [-0.2, -0.15) is 0 Å². The standard InChI is InChI=1S/C66H110N14O12/c1-22-46(80-47(35-51-69-29-31-79(51)30-27-45-24-23-28-68-36-45)56-55(65(80)90)78(21)64(89)54(44(14)92-56)77(20)52(81)26-25-37(2)3)62(87)73(16)43(13)61(86)74(17)50(34-40(8)9)60(85)71-53(41(10)11)63(88)75(18)49(33-39(6)7)59(84)70-42(12)57(82)72-66(91)76(19)48(32-38(4)5)58(83)67-15/h23-24,28,36-44,46-50,53-56H,22,25-27,29-35H2,1-21H3,(H,67,83)(H,70,84)(H,71,85)(H,72,82,91)/t42-,43-,44?,46+,47-,48+,49+,50+,53+,54+,55+,56-/m1/s1. The Labute approximate surface area is 546 Å². The van der Waals surface area contributed by atoms with Gasteiger partial charge >= 0.3 is 6.03 Å². The number of rotatable bonds is 31. The molecule has 4 heterocycles. The molecule has 4 N–H and O–H groups in total. The number of fused-ring (bicyclic) bond motifs is 1. The highest BCUT2D eigenvalue weighted by Gasteiger charge is 2.59. The Balaban J connectivity index is 1.61. The largest absolute Gasteiger partial charge is 0.368 e. The Morgan fingerprint density at radius 1 is 0.707 bits per heavy atom. The Hall–Kier alpha value is -7.25. The summed E-state index contributed by atoms with van der Waals surface area (Å²) in [4.78, 5) is 177. The highest BCUT2D eigenvalue weighted by atomic mass is 16.5. The van der Waals surface area contributed by atoms with Crippen LogP contribution in [-0.2, 0) is 59.1 Å². The third-order valence-corrected chi connectivity index (χ3v) is 18.1. The van der Waals surface area contributed by atoms with Gasteiger partial charge in [-0.15, -0.1) is 0 Å². The zero-order chi connectivity index (χ0) is 69.5. The fourth-order valence-corrected chi connectivity index (χ4v) is 12.3. The molecule has 26 nitrogen and oxygen atoms in total. The lowest BCUT2D eigenvalue weighted by Gasteiger charge is -2.39. The van der Waals surface area contributed by atoms with Gasteiger partial charge in [0.05, 0.1) is 18.7 Å². The van der Waals surface area contributed by atoms with Crippen LogP contribution in [0.4, 0.5) is 4.79 Å².